The fourth-order valence-electron chi connectivity index (χ4n) is 0.955. The fraction of sp³-hybridized carbons (Fsp3) is 0.556. The number of halogens is 3. The third kappa shape index (κ3) is 4.81. The first-order valence-corrected chi connectivity index (χ1v) is 4.76. The van der Waals surface area contributed by atoms with Crippen LogP contribution in [0.15, 0.2) is 12.4 Å². The van der Waals surface area contributed by atoms with E-state index in [1.165, 1.54) is 12.4 Å². The molecule has 0 bridgehead atoms. The second-order valence-electron chi connectivity index (χ2n) is 2.99. The lowest BCUT2D eigenvalue weighted by molar-refractivity contribution is -0.139. The van der Waals surface area contributed by atoms with E-state index in [-0.39, 0.29) is 5.88 Å². The Morgan fingerprint density at radius 1 is 1.38 bits per heavy atom. The average molecular weight is 235 g/mol. The molecule has 0 unspecified atom stereocenters. The molecule has 90 valence electrons. The highest BCUT2D eigenvalue weighted by molar-refractivity contribution is 5.32. The van der Waals surface area contributed by atoms with Gasteiger partial charge < -0.3 is 10.1 Å². The van der Waals surface area contributed by atoms with Gasteiger partial charge in [0.1, 0.15) is 5.82 Å². The van der Waals surface area contributed by atoms with E-state index in [2.05, 4.69) is 15.3 Å². The topological polar surface area (TPSA) is 47.0 Å². The Bertz CT molecular complexity index is 330. The maximum atomic E-state index is 11.8. The molecular weight excluding hydrogens is 223 g/mol. The van der Waals surface area contributed by atoms with Crippen LogP contribution in [0.25, 0.3) is 0 Å². The van der Waals surface area contributed by atoms with Crippen LogP contribution in [0.2, 0.25) is 0 Å². The number of ether oxygens (including phenoxy) is 1. The molecule has 1 aromatic rings. The van der Waals surface area contributed by atoms with E-state index < -0.39 is 19.2 Å². The molecule has 1 rings (SSSR count). The van der Waals surface area contributed by atoms with E-state index in [1.54, 1.807) is 0 Å². The first kappa shape index (κ1) is 12.5. The van der Waals surface area contributed by atoms with Crippen LogP contribution in [0.1, 0.15) is 13.3 Å². The second kappa shape index (κ2) is 5.53. The van der Waals surface area contributed by atoms with Gasteiger partial charge in [0.05, 0.1) is 25.4 Å². The van der Waals surface area contributed by atoms with Gasteiger partial charge in [0, 0.05) is 6.54 Å². The Labute approximate surface area is 90.9 Å². The summed E-state index contributed by atoms with van der Waals surface area (Å²) in [6.45, 7) is 2.08. The maximum absolute atomic E-state index is 11.8. The number of nitrogens with one attached hydrogen (secondary N) is 1. The highest BCUT2D eigenvalue weighted by Gasteiger charge is 2.26. The van der Waals surface area contributed by atoms with Crippen LogP contribution in [0.5, 0.6) is 5.88 Å². The smallest absolute Gasteiger partial charge is 0.392 e. The summed E-state index contributed by atoms with van der Waals surface area (Å²) in [4.78, 5) is 7.71. The highest BCUT2D eigenvalue weighted by Crippen LogP contribution is 2.19. The van der Waals surface area contributed by atoms with Crippen molar-refractivity contribution in [2.45, 2.75) is 19.5 Å². The number of alkyl halides is 3. The van der Waals surface area contributed by atoms with E-state index in [1.807, 2.05) is 6.92 Å². The average Bonchev–Trinajstić information content (AvgIpc) is 2.17. The molecule has 0 spiro atoms. The number of hydrogen-bond acceptors (Lipinski definition) is 4. The number of nitrogens with zero attached hydrogens (tertiary/aromatic N) is 2. The van der Waals surface area contributed by atoms with Gasteiger partial charge in [-0.1, -0.05) is 0 Å². The van der Waals surface area contributed by atoms with Crippen LogP contribution in [0, 0.1) is 0 Å². The van der Waals surface area contributed by atoms with Gasteiger partial charge in [-0.2, -0.15) is 18.2 Å². The zero-order valence-electron chi connectivity index (χ0n) is 8.71. The number of aromatic nitrogens is 2. The van der Waals surface area contributed by atoms with Gasteiger partial charge in [-0.05, 0) is 6.92 Å². The zero-order valence-corrected chi connectivity index (χ0v) is 8.71. The van der Waals surface area contributed by atoms with Crippen molar-refractivity contribution >= 4 is 5.82 Å². The van der Waals surface area contributed by atoms with E-state index in [0.29, 0.717) is 12.4 Å². The van der Waals surface area contributed by atoms with Crippen LogP contribution in [-0.4, -0.2) is 29.3 Å². The van der Waals surface area contributed by atoms with Crippen molar-refractivity contribution in [3.8, 4) is 5.88 Å². The molecule has 0 aromatic carbocycles. The lowest BCUT2D eigenvalue weighted by Gasteiger charge is -2.08. The zero-order chi connectivity index (χ0) is 12.0. The molecule has 0 saturated carbocycles. The molecule has 1 N–H and O–H groups in total. The quantitative estimate of drug-likeness (QED) is 0.850. The molecule has 0 fully saturated rings. The van der Waals surface area contributed by atoms with E-state index in [4.69, 9.17) is 4.74 Å². The highest BCUT2D eigenvalue weighted by atomic mass is 19.4. The maximum Gasteiger partial charge on any atom is 0.392 e. The largest absolute Gasteiger partial charge is 0.476 e. The van der Waals surface area contributed by atoms with Crippen LogP contribution < -0.4 is 10.1 Å². The molecule has 16 heavy (non-hydrogen) atoms. The van der Waals surface area contributed by atoms with Gasteiger partial charge >= 0.3 is 6.18 Å². The summed E-state index contributed by atoms with van der Waals surface area (Å²) >= 11 is 0. The SMILES string of the molecule is CCNc1cncc(OCCC(F)(F)F)n1. The van der Waals surface area contributed by atoms with Crippen molar-refractivity contribution in [3.05, 3.63) is 12.4 Å². The summed E-state index contributed by atoms with van der Waals surface area (Å²) in [6, 6.07) is 0. The van der Waals surface area contributed by atoms with Crippen molar-refractivity contribution in [1.82, 2.24) is 9.97 Å². The van der Waals surface area contributed by atoms with Crippen molar-refractivity contribution < 1.29 is 17.9 Å². The molecule has 0 radical (unpaired) electrons. The summed E-state index contributed by atoms with van der Waals surface area (Å²) in [5.41, 5.74) is 0. The third-order valence-electron chi connectivity index (χ3n) is 1.61. The molecule has 0 aliphatic carbocycles. The Kier molecular flexibility index (Phi) is 4.33. The van der Waals surface area contributed by atoms with Crippen LogP contribution >= 0.6 is 0 Å². The predicted molar refractivity (Wildman–Crippen MR) is 52.4 cm³/mol. The Morgan fingerprint density at radius 2 is 2.12 bits per heavy atom. The summed E-state index contributed by atoms with van der Waals surface area (Å²) < 4.78 is 40.3. The van der Waals surface area contributed by atoms with Gasteiger partial charge in [0.15, 0.2) is 0 Å². The molecule has 0 aliphatic rings. The molecule has 0 amide bonds. The number of hydrogen-bond donors (Lipinski definition) is 1. The van der Waals surface area contributed by atoms with Gasteiger partial charge in [-0.3, -0.25) is 4.98 Å². The van der Waals surface area contributed by atoms with Crippen molar-refractivity contribution in [2.75, 3.05) is 18.5 Å². The third-order valence-corrected chi connectivity index (χ3v) is 1.61. The van der Waals surface area contributed by atoms with Crippen LogP contribution in [-0.2, 0) is 0 Å². The summed E-state index contributed by atoms with van der Waals surface area (Å²) in [5.74, 6) is 0.565. The Hall–Kier alpha value is -1.53. The lowest BCUT2D eigenvalue weighted by atomic mass is 10.4. The minimum absolute atomic E-state index is 0.0858. The molecule has 1 aromatic heterocycles. The monoisotopic (exact) mass is 235 g/mol. The molecule has 4 nitrogen and oxygen atoms in total. The molecule has 1 heterocycles. The van der Waals surface area contributed by atoms with Crippen molar-refractivity contribution in [2.24, 2.45) is 0 Å². The normalized spacial score (nSPS) is 11.2. The summed E-state index contributed by atoms with van der Waals surface area (Å²) in [6.07, 6.45) is -2.47. The first-order chi connectivity index (χ1) is 7.51. The minimum Gasteiger partial charge on any atom is -0.476 e. The van der Waals surface area contributed by atoms with Gasteiger partial charge in [-0.25, -0.2) is 0 Å². The number of rotatable bonds is 5. The summed E-state index contributed by atoms with van der Waals surface area (Å²) in [7, 11) is 0. The second-order valence-corrected chi connectivity index (χ2v) is 2.99. The van der Waals surface area contributed by atoms with Crippen molar-refractivity contribution in [1.29, 1.82) is 0 Å². The summed E-state index contributed by atoms with van der Waals surface area (Å²) in [5, 5.41) is 2.88. The van der Waals surface area contributed by atoms with Crippen LogP contribution in [0.3, 0.4) is 0 Å². The Morgan fingerprint density at radius 3 is 2.75 bits per heavy atom. The molecule has 0 atom stereocenters. The van der Waals surface area contributed by atoms with E-state index >= 15 is 0 Å². The van der Waals surface area contributed by atoms with Gasteiger partial charge in [0.2, 0.25) is 5.88 Å². The first-order valence-electron chi connectivity index (χ1n) is 4.76. The standard InChI is InChI=1S/C9H12F3N3O/c1-2-14-7-5-13-6-8(15-7)16-4-3-9(10,11)12/h5-6H,2-4H2,1H3,(H,14,15). The fourth-order valence-corrected chi connectivity index (χ4v) is 0.955. The number of anilines is 1. The molecule has 0 saturated heterocycles. The molecule has 7 heteroatoms. The predicted octanol–water partition coefficient (Wildman–Crippen LogP) is 2.24. The van der Waals surface area contributed by atoms with E-state index in [0.717, 1.165) is 0 Å². The van der Waals surface area contributed by atoms with Crippen molar-refractivity contribution in [3.63, 3.8) is 0 Å². The molecule has 0 aliphatic heterocycles. The minimum atomic E-state index is -4.22. The van der Waals surface area contributed by atoms with Gasteiger partial charge in [-0.15, -0.1) is 0 Å². The van der Waals surface area contributed by atoms with Gasteiger partial charge in [0.25, 0.3) is 0 Å². The lowest BCUT2D eigenvalue weighted by Crippen LogP contribution is -2.13. The Balaban J connectivity index is 2.44. The van der Waals surface area contributed by atoms with E-state index in [9.17, 15) is 13.2 Å². The molecular formula is C9H12F3N3O. The van der Waals surface area contributed by atoms with Crippen LogP contribution in [0.4, 0.5) is 19.0 Å².